The summed E-state index contributed by atoms with van der Waals surface area (Å²) in [5.41, 5.74) is 31.0. The average Bonchev–Trinajstić information content (AvgIpc) is 3.69. The fourth-order valence-electron chi connectivity index (χ4n) is 14.7. The van der Waals surface area contributed by atoms with Gasteiger partial charge >= 0.3 is 0 Å². The SMILES string of the molecule is CC(C)(C)c1ccnc(C2c3ccccc3-c3ccc(Oc4cccc(-n5c[n+]6c7c(cccc75)-c5ccccc5-c5ccccc5-c5cccc(-c7ccc8c(c7)C7(c9ccccc9-c9ccccc97)c7ccccc7-8)c5-6)c4)cc32)c1. The smallest absolute Gasteiger partial charge is 0.255 e. The van der Waals surface area contributed by atoms with E-state index >= 15 is 0 Å². The molecule has 11 aromatic carbocycles. The van der Waals surface area contributed by atoms with Gasteiger partial charge in [0.05, 0.1) is 17.0 Å². The van der Waals surface area contributed by atoms with Crippen LogP contribution in [0.5, 0.6) is 11.5 Å². The third-order valence-electron chi connectivity index (χ3n) is 18.2. The van der Waals surface area contributed by atoms with E-state index < -0.39 is 5.41 Å². The topological polar surface area (TPSA) is 30.9 Å². The predicted octanol–water partition coefficient (Wildman–Crippen LogP) is 18.9. The lowest BCUT2D eigenvalue weighted by Crippen LogP contribution is -2.31. The second-order valence-corrected chi connectivity index (χ2v) is 23.6. The Hall–Kier alpha value is -10.2. The Balaban J connectivity index is 0.851. The molecule has 0 fully saturated rings. The number of benzene rings is 11. The van der Waals surface area contributed by atoms with Crippen LogP contribution in [0.3, 0.4) is 0 Å². The third kappa shape index (κ3) is 6.61. The Morgan fingerprint density at radius 2 is 0.939 bits per heavy atom. The molecule has 0 saturated carbocycles. The molecular weight excluding hydrogens is 995 g/mol. The first kappa shape index (κ1) is 46.7. The largest absolute Gasteiger partial charge is 0.457 e. The summed E-state index contributed by atoms with van der Waals surface area (Å²) < 4.78 is 11.8. The van der Waals surface area contributed by atoms with Gasteiger partial charge in [-0.15, -0.1) is 0 Å². The molecule has 17 rings (SSSR count). The number of nitrogens with zero attached hydrogens (tertiary/aromatic N) is 3. The highest BCUT2D eigenvalue weighted by molar-refractivity contribution is 6.02. The number of ether oxygens (including phenoxy) is 1. The van der Waals surface area contributed by atoms with Crippen molar-refractivity contribution in [2.75, 3.05) is 0 Å². The van der Waals surface area contributed by atoms with Crippen LogP contribution in [0.15, 0.2) is 267 Å². The van der Waals surface area contributed by atoms with Crippen molar-refractivity contribution < 1.29 is 9.30 Å². The van der Waals surface area contributed by atoms with Crippen LogP contribution in [0.2, 0.25) is 0 Å². The zero-order chi connectivity index (χ0) is 54.4. The molecule has 2 aromatic heterocycles. The van der Waals surface area contributed by atoms with Gasteiger partial charge in [-0.3, -0.25) is 4.98 Å². The van der Waals surface area contributed by atoms with E-state index in [9.17, 15) is 0 Å². The first-order valence-electron chi connectivity index (χ1n) is 28.6. The van der Waals surface area contributed by atoms with Gasteiger partial charge in [0.2, 0.25) is 0 Å². The first-order chi connectivity index (χ1) is 40.3. The van der Waals surface area contributed by atoms with Crippen molar-refractivity contribution in [1.82, 2.24) is 9.55 Å². The van der Waals surface area contributed by atoms with Gasteiger partial charge in [0.15, 0.2) is 11.0 Å². The molecule has 4 heteroatoms. The summed E-state index contributed by atoms with van der Waals surface area (Å²) in [4.78, 5) is 5.02. The molecule has 386 valence electrons. The summed E-state index contributed by atoms with van der Waals surface area (Å²) in [6.07, 6.45) is 4.29. The van der Waals surface area contributed by atoms with Crippen LogP contribution in [0, 0.1) is 0 Å². The Morgan fingerprint density at radius 1 is 0.415 bits per heavy atom. The van der Waals surface area contributed by atoms with Crippen molar-refractivity contribution in [3.8, 4) is 101 Å². The number of rotatable bonds is 5. The minimum atomic E-state index is -0.477. The standard InChI is InChI=1S/C78H54N3O/c1-77(2,3)49-41-42-79-72(44-49)74-64-29-9-8-23-56(64)59-40-38-52(46-67(59)74)82-51-20-16-19-50(45-51)80-47-81-75-53(30-17-31-65(75)57-24-6-4-21-54(57)55-22-5-7-25-58(55)66-32-18-36-73(80)76(66)81)48-37-39-63-62-28-12-15-35-70(62)78(71(63)43-48)68-33-13-10-26-60(68)61-27-11-14-34-69(61)78/h4-47,74H,1-3H3/q+1. The number of fused-ring (bicyclic) bond motifs is 20. The molecule has 3 heterocycles. The molecule has 0 N–H and O–H groups in total. The Morgan fingerprint density at radius 3 is 1.63 bits per heavy atom. The molecule has 13 aromatic rings. The lowest BCUT2D eigenvalue weighted by Gasteiger charge is -2.30. The normalized spacial score (nSPS) is 14.3. The van der Waals surface area contributed by atoms with E-state index in [1.54, 1.807) is 0 Å². The summed E-state index contributed by atoms with van der Waals surface area (Å²) in [6, 6.07) is 94.5. The highest BCUT2D eigenvalue weighted by Gasteiger charge is 2.51. The minimum Gasteiger partial charge on any atom is -0.457 e. The van der Waals surface area contributed by atoms with Gasteiger partial charge in [-0.05, 0) is 160 Å². The molecule has 1 unspecified atom stereocenters. The molecule has 0 amide bonds. The second-order valence-electron chi connectivity index (χ2n) is 23.6. The van der Waals surface area contributed by atoms with Crippen molar-refractivity contribution in [3.63, 3.8) is 0 Å². The van der Waals surface area contributed by atoms with Crippen molar-refractivity contribution >= 4 is 11.0 Å². The van der Waals surface area contributed by atoms with Gasteiger partial charge in [-0.25, -0.2) is 0 Å². The zero-order valence-corrected chi connectivity index (χ0v) is 45.7. The summed E-state index contributed by atoms with van der Waals surface area (Å²) in [5.74, 6) is 1.53. The van der Waals surface area contributed by atoms with E-state index in [-0.39, 0.29) is 11.3 Å². The Kier molecular flexibility index (Phi) is 9.93. The molecule has 3 aliphatic carbocycles. The maximum atomic E-state index is 6.99. The van der Waals surface area contributed by atoms with Crippen LogP contribution in [-0.2, 0) is 10.8 Å². The maximum absolute atomic E-state index is 6.99. The molecule has 1 atom stereocenters. The van der Waals surface area contributed by atoms with Gasteiger partial charge in [0.25, 0.3) is 6.33 Å². The van der Waals surface area contributed by atoms with E-state index in [4.69, 9.17) is 9.72 Å². The van der Waals surface area contributed by atoms with Crippen LogP contribution in [0.4, 0.5) is 0 Å². The van der Waals surface area contributed by atoms with Crippen LogP contribution in [-0.4, -0.2) is 9.55 Å². The number of pyridine rings is 1. The number of para-hydroxylation sites is 2. The molecule has 0 bridgehead atoms. The highest BCUT2D eigenvalue weighted by Crippen LogP contribution is 2.63. The molecular formula is C78H54N3O+. The molecule has 1 aliphatic heterocycles. The number of imidazole rings is 1. The molecule has 82 heavy (non-hydrogen) atoms. The van der Waals surface area contributed by atoms with Gasteiger partial charge in [-0.2, -0.15) is 9.13 Å². The second kappa shape index (κ2) is 17.4. The van der Waals surface area contributed by atoms with Crippen LogP contribution < -0.4 is 9.30 Å². The fraction of sp³-hybridized carbons (Fsp3) is 0.0769. The van der Waals surface area contributed by atoms with Gasteiger partial charge < -0.3 is 4.74 Å². The number of aromatic nitrogens is 3. The van der Waals surface area contributed by atoms with Crippen molar-refractivity contribution in [1.29, 1.82) is 0 Å². The Bertz CT molecular complexity index is 4790. The Labute approximate surface area is 477 Å². The first-order valence-corrected chi connectivity index (χ1v) is 28.6. The minimum absolute atomic E-state index is 0.00594. The van der Waals surface area contributed by atoms with Crippen LogP contribution >= 0.6 is 0 Å². The van der Waals surface area contributed by atoms with Crippen LogP contribution in [0.25, 0.3) is 100 Å². The van der Waals surface area contributed by atoms with Gasteiger partial charge in [0.1, 0.15) is 22.9 Å². The monoisotopic (exact) mass is 1050 g/mol. The van der Waals surface area contributed by atoms with Crippen molar-refractivity contribution in [2.45, 2.75) is 37.5 Å². The molecule has 4 aliphatic rings. The quantitative estimate of drug-likeness (QED) is 0.161. The predicted molar refractivity (Wildman–Crippen MR) is 332 cm³/mol. The summed E-state index contributed by atoms with van der Waals surface area (Å²) in [7, 11) is 0. The molecule has 4 nitrogen and oxygen atoms in total. The van der Waals surface area contributed by atoms with Gasteiger partial charge in [-0.1, -0.05) is 215 Å². The summed E-state index contributed by atoms with van der Waals surface area (Å²) >= 11 is 0. The molecule has 0 saturated heterocycles. The zero-order valence-electron chi connectivity index (χ0n) is 45.7. The van der Waals surface area contributed by atoms with Crippen LogP contribution in [0.1, 0.15) is 71.3 Å². The van der Waals surface area contributed by atoms with E-state index in [1.807, 2.05) is 6.20 Å². The lowest BCUT2D eigenvalue weighted by molar-refractivity contribution is -0.566. The number of hydrogen-bond donors (Lipinski definition) is 0. The third-order valence-corrected chi connectivity index (χ3v) is 18.2. The highest BCUT2D eigenvalue weighted by atomic mass is 16.5. The van der Waals surface area contributed by atoms with Gasteiger partial charge in [0, 0.05) is 29.0 Å². The van der Waals surface area contributed by atoms with E-state index in [2.05, 4.69) is 291 Å². The lowest BCUT2D eigenvalue weighted by atomic mass is 9.70. The summed E-state index contributed by atoms with van der Waals surface area (Å²) in [5, 5.41) is 0. The van der Waals surface area contributed by atoms with E-state index in [1.165, 1.54) is 94.6 Å². The molecule has 1 spiro atoms. The number of hydrogen-bond acceptors (Lipinski definition) is 2. The van der Waals surface area contributed by atoms with Crippen molar-refractivity contribution in [3.05, 3.63) is 312 Å². The molecule has 0 radical (unpaired) electrons. The van der Waals surface area contributed by atoms with E-state index in [0.29, 0.717) is 0 Å². The van der Waals surface area contributed by atoms with E-state index in [0.717, 1.165) is 61.9 Å². The fourth-order valence-corrected chi connectivity index (χ4v) is 14.7. The maximum Gasteiger partial charge on any atom is 0.255 e. The average molecular weight is 1050 g/mol. The van der Waals surface area contributed by atoms with Crippen molar-refractivity contribution in [2.24, 2.45) is 0 Å². The summed E-state index contributed by atoms with van der Waals surface area (Å²) in [6.45, 7) is 6.79.